The van der Waals surface area contributed by atoms with Crippen LogP contribution >= 0.6 is 0 Å². The molecule has 0 atom stereocenters. The van der Waals surface area contributed by atoms with Gasteiger partial charge in [0.05, 0.1) is 0 Å². The summed E-state index contributed by atoms with van der Waals surface area (Å²) < 4.78 is 0. The summed E-state index contributed by atoms with van der Waals surface area (Å²) in [5.41, 5.74) is 7.01. The molecular formula is C14H16N4O. The van der Waals surface area contributed by atoms with Crippen molar-refractivity contribution in [2.75, 3.05) is 11.9 Å². The number of guanidine groups is 1. The minimum absolute atomic E-state index is 0.00810. The van der Waals surface area contributed by atoms with Crippen LogP contribution < -0.4 is 16.4 Å². The van der Waals surface area contributed by atoms with Crippen LogP contribution in [0.1, 0.15) is 18.4 Å². The van der Waals surface area contributed by atoms with Crippen LogP contribution in [0.15, 0.2) is 29.3 Å². The fourth-order valence-corrected chi connectivity index (χ4v) is 1.53. The molecule has 1 aliphatic carbocycles. The number of hydrogen-bond donors (Lipinski definition) is 3. The number of aliphatic imine (C=N–C) groups is 1. The lowest BCUT2D eigenvalue weighted by atomic mass is 10.2. The van der Waals surface area contributed by atoms with Crippen LogP contribution in [0.5, 0.6) is 0 Å². The summed E-state index contributed by atoms with van der Waals surface area (Å²) in [6, 6.07) is 7.52. The van der Waals surface area contributed by atoms with Gasteiger partial charge in [0.2, 0.25) is 5.91 Å². The molecule has 1 amide bonds. The Morgan fingerprint density at radius 3 is 3.00 bits per heavy atom. The zero-order valence-electron chi connectivity index (χ0n) is 10.5. The SMILES string of the molecule is C#Cc1cccc(NC(=O)CN=C(N)NC2CC2)c1. The molecule has 0 aromatic heterocycles. The molecule has 2 rings (SSSR count). The van der Waals surface area contributed by atoms with E-state index >= 15 is 0 Å². The highest BCUT2D eigenvalue weighted by Gasteiger charge is 2.21. The van der Waals surface area contributed by atoms with Crippen molar-refractivity contribution in [2.45, 2.75) is 18.9 Å². The van der Waals surface area contributed by atoms with E-state index in [1.807, 2.05) is 0 Å². The highest BCUT2D eigenvalue weighted by molar-refractivity contribution is 5.94. The second-order valence-corrected chi connectivity index (χ2v) is 4.39. The molecule has 4 N–H and O–H groups in total. The minimum atomic E-state index is -0.227. The Bertz CT molecular complexity index is 541. The van der Waals surface area contributed by atoms with Gasteiger partial charge in [-0.2, -0.15) is 0 Å². The molecule has 1 saturated carbocycles. The highest BCUT2D eigenvalue weighted by atomic mass is 16.1. The van der Waals surface area contributed by atoms with E-state index in [0.717, 1.165) is 18.4 Å². The van der Waals surface area contributed by atoms with Gasteiger partial charge in [-0.3, -0.25) is 4.79 Å². The lowest BCUT2D eigenvalue weighted by Gasteiger charge is -2.05. The summed E-state index contributed by atoms with van der Waals surface area (Å²) in [7, 11) is 0. The molecule has 1 fully saturated rings. The Labute approximate surface area is 112 Å². The van der Waals surface area contributed by atoms with Crippen molar-refractivity contribution in [3.63, 3.8) is 0 Å². The molecule has 0 radical (unpaired) electrons. The van der Waals surface area contributed by atoms with Crippen LogP contribution in [0, 0.1) is 12.3 Å². The van der Waals surface area contributed by atoms with Crippen LogP contribution in [-0.4, -0.2) is 24.5 Å². The molecule has 98 valence electrons. The predicted octanol–water partition coefficient (Wildman–Crippen LogP) is 0.673. The molecule has 0 unspecified atom stereocenters. The van der Waals surface area contributed by atoms with Gasteiger partial charge in [-0.05, 0) is 31.0 Å². The average molecular weight is 256 g/mol. The normalized spacial score (nSPS) is 14.6. The summed E-state index contributed by atoms with van der Waals surface area (Å²) in [6.07, 6.45) is 7.52. The third-order valence-electron chi connectivity index (χ3n) is 2.64. The van der Waals surface area contributed by atoms with Crippen LogP contribution in [0.25, 0.3) is 0 Å². The Kier molecular flexibility index (Phi) is 4.04. The average Bonchev–Trinajstić information content (AvgIpc) is 3.20. The summed E-state index contributed by atoms with van der Waals surface area (Å²) in [5, 5.41) is 5.73. The highest BCUT2D eigenvalue weighted by Crippen LogP contribution is 2.17. The number of hydrogen-bond acceptors (Lipinski definition) is 2. The maximum absolute atomic E-state index is 11.7. The molecule has 0 bridgehead atoms. The van der Waals surface area contributed by atoms with E-state index in [9.17, 15) is 4.79 Å². The van der Waals surface area contributed by atoms with Crippen molar-refractivity contribution in [1.82, 2.24) is 5.32 Å². The number of carbonyl (C=O) groups is 1. The van der Waals surface area contributed by atoms with Gasteiger partial charge in [-0.15, -0.1) is 6.42 Å². The second kappa shape index (κ2) is 5.91. The summed E-state index contributed by atoms with van der Waals surface area (Å²) in [4.78, 5) is 15.6. The molecule has 0 heterocycles. The number of nitrogens with two attached hydrogens (primary N) is 1. The molecule has 1 aromatic rings. The third-order valence-corrected chi connectivity index (χ3v) is 2.64. The van der Waals surface area contributed by atoms with Gasteiger partial charge in [0.25, 0.3) is 0 Å². The Morgan fingerprint density at radius 2 is 2.32 bits per heavy atom. The molecule has 5 heteroatoms. The third kappa shape index (κ3) is 4.36. The number of rotatable bonds is 4. The number of nitrogens with one attached hydrogen (secondary N) is 2. The summed E-state index contributed by atoms with van der Waals surface area (Å²) >= 11 is 0. The number of amides is 1. The molecule has 0 aliphatic heterocycles. The van der Waals surface area contributed by atoms with E-state index in [0.29, 0.717) is 17.7 Å². The van der Waals surface area contributed by atoms with E-state index in [-0.39, 0.29) is 12.5 Å². The van der Waals surface area contributed by atoms with Gasteiger partial charge in [-0.1, -0.05) is 12.0 Å². The van der Waals surface area contributed by atoms with Crippen LogP contribution in [0.3, 0.4) is 0 Å². The van der Waals surface area contributed by atoms with E-state index in [4.69, 9.17) is 12.2 Å². The molecule has 5 nitrogen and oxygen atoms in total. The van der Waals surface area contributed by atoms with E-state index in [2.05, 4.69) is 21.5 Å². The molecule has 1 aromatic carbocycles. The Morgan fingerprint density at radius 1 is 1.53 bits per heavy atom. The van der Waals surface area contributed by atoms with Crippen molar-refractivity contribution in [1.29, 1.82) is 0 Å². The van der Waals surface area contributed by atoms with Crippen LogP contribution in [0.2, 0.25) is 0 Å². The number of terminal acetylenes is 1. The predicted molar refractivity (Wildman–Crippen MR) is 75.7 cm³/mol. The topological polar surface area (TPSA) is 79.5 Å². The number of anilines is 1. The summed E-state index contributed by atoms with van der Waals surface area (Å²) in [5.74, 6) is 2.60. The Hall–Kier alpha value is -2.48. The number of carbonyl (C=O) groups excluding carboxylic acids is 1. The maximum Gasteiger partial charge on any atom is 0.246 e. The van der Waals surface area contributed by atoms with E-state index in [1.165, 1.54) is 0 Å². The first kappa shape index (κ1) is 13.0. The quantitative estimate of drug-likeness (QED) is 0.421. The minimum Gasteiger partial charge on any atom is -0.370 e. The zero-order valence-corrected chi connectivity index (χ0v) is 10.5. The first-order valence-corrected chi connectivity index (χ1v) is 6.10. The van der Waals surface area contributed by atoms with Crippen molar-refractivity contribution in [3.05, 3.63) is 29.8 Å². The van der Waals surface area contributed by atoms with Crippen molar-refractivity contribution >= 4 is 17.6 Å². The van der Waals surface area contributed by atoms with E-state index in [1.54, 1.807) is 24.3 Å². The van der Waals surface area contributed by atoms with Crippen molar-refractivity contribution < 1.29 is 4.79 Å². The maximum atomic E-state index is 11.7. The van der Waals surface area contributed by atoms with Gasteiger partial charge >= 0.3 is 0 Å². The smallest absolute Gasteiger partial charge is 0.246 e. The molecule has 1 aliphatic rings. The van der Waals surface area contributed by atoms with Gasteiger partial charge in [0.15, 0.2) is 5.96 Å². The fourth-order valence-electron chi connectivity index (χ4n) is 1.53. The van der Waals surface area contributed by atoms with Crippen LogP contribution in [-0.2, 0) is 4.79 Å². The molecule has 19 heavy (non-hydrogen) atoms. The largest absolute Gasteiger partial charge is 0.370 e. The number of benzene rings is 1. The fraction of sp³-hybridized carbons (Fsp3) is 0.286. The van der Waals surface area contributed by atoms with Crippen molar-refractivity contribution in [3.8, 4) is 12.3 Å². The number of nitrogens with zero attached hydrogens (tertiary/aromatic N) is 1. The standard InChI is InChI=1S/C14H16N4O/c1-2-10-4-3-5-12(8-10)17-13(19)9-16-14(15)18-11-6-7-11/h1,3-5,8,11H,6-7,9H2,(H,17,19)(H3,15,16,18). The van der Waals surface area contributed by atoms with Gasteiger partial charge < -0.3 is 16.4 Å². The first-order chi connectivity index (χ1) is 9.17. The second-order valence-electron chi connectivity index (χ2n) is 4.39. The summed E-state index contributed by atoms with van der Waals surface area (Å²) in [6.45, 7) is -0.00810. The van der Waals surface area contributed by atoms with E-state index < -0.39 is 0 Å². The molecule has 0 spiro atoms. The van der Waals surface area contributed by atoms with Gasteiger partial charge in [0, 0.05) is 17.3 Å². The Balaban J connectivity index is 1.84. The lowest BCUT2D eigenvalue weighted by molar-refractivity contribution is -0.114. The molecule has 0 saturated heterocycles. The van der Waals surface area contributed by atoms with Gasteiger partial charge in [0.1, 0.15) is 6.54 Å². The van der Waals surface area contributed by atoms with Crippen molar-refractivity contribution in [2.24, 2.45) is 10.7 Å². The first-order valence-electron chi connectivity index (χ1n) is 6.10. The monoisotopic (exact) mass is 256 g/mol. The molecular weight excluding hydrogens is 240 g/mol. The lowest BCUT2D eigenvalue weighted by Crippen LogP contribution is -2.34. The van der Waals surface area contributed by atoms with Gasteiger partial charge in [-0.25, -0.2) is 4.99 Å². The van der Waals surface area contributed by atoms with Crippen LogP contribution in [0.4, 0.5) is 5.69 Å². The zero-order chi connectivity index (χ0) is 13.7.